The number of rotatable bonds is 35. The minimum atomic E-state index is -0.842. The lowest BCUT2D eigenvalue weighted by Gasteiger charge is -2.28. The highest BCUT2D eigenvalue weighted by Crippen LogP contribution is 2.30. The minimum Gasteiger partial charge on any atom is -0.461 e. The van der Waals surface area contributed by atoms with Gasteiger partial charge < -0.3 is 42.4 Å². The molecular weight excluding hydrogens is 1100 g/mol. The number of anilines is 1. The lowest BCUT2D eigenvalue weighted by Crippen LogP contribution is -2.46. The third kappa shape index (κ3) is 22.6. The van der Waals surface area contributed by atoms with Crippen molar-refractivity contribution >= 4 is 70.5 Å². The second-order valence-corrected chi connectivity index (χ2v) is 23.9. The number of carbonyl (C=O) groups excluding carboxylic acids is 8. The van der Waals surface area contributed by atoms with E-state index < -0.39 is 24.0 Å². The Morgan fingerprint density at radius 2 is 1.44 bits per heavy atom. The van der Waals surface area contributed by atoms with E-state index >= 15 is 0 Å². The Morgan fingerprint density at radius 3 is 2.14 bits per heavy atom. The average molecular weight is 1190 g/mol. The standard InChI is InChI=1S/C68H92N10O9/c1-7-32-78(33-8-2)67(85)53-36-51-27-28-52(38-60(51)75-62(69)39-53)65(83)74-55-37-54-43-77(34-29-58(54)73-41-55)42-48-23-25-50(26-24-48)64(82)71-30-14-18-63(81)87-44-49-21-19-47(20-22-49)35-61(80)59(17-13-31-72-68(70)86)76-66(84)57(46(5)6)40-56(79)16-12-10-9-11-15-45(3)4/h19-28,36-38,41,45-46,57,59H,7-18,29-35,39-40,42-44H2,1-6H3,(H2,69,75)(H,71,82)(H,74,83)(H,76,84)(H3,70,72,86). The molecule has 2 atom stereocenters. The predicted octanol–water partition coefficient (Wildman–Crippen LogP) is 9.84. The van der Waals surface area contributed by atoms with Gasteiger partial charge in [-0.1, -0.05) is 110 Å². The second-order valence-electron chi connectivity index (χ2n) is 23.9. The molecule has 468 valence electrons. The zero-order valence-corrected chi connectivity index (χ0v) is 52.0. The summed E-state index contributed by atoms with van der Waals surface area (Å²) in [5.74, 6) is -1.28. The molecule has 6 rings (SSSR count). The van der Waals surface area contributed by atoms with Gasteiger partial charge in [0.05, 0.1) is 23.6 Å². The zero-order chi connectivity index (χ0) is 62.8. The number of hydrogen-bond donors (Lipinski definition) is 6. The first-order chi connectivity index (χ1) is 41.8. The number of fused-ring (bicyclic) bond motifs is 2. The number of urea groups is 1. The molecule has 3 heterocycles. The van der Waals surface area contributed by atoms with Crippen LogP contribution >= 0.6 is 0 Å². The van der Waals surface area contributed by atoms with Crippen molar-refractivity contribution < 1.29 is 43.1 Å². The molecule has 1 aromatic heterocycles. The summed E-state index contributed by atoms with van der Waals surface area (Å²) in [5, 5.41) is 11.3. The third-order valence-electron chi connectivity index (χ3n) is 15.7. The molecule has 0 saturated carbocycles. The Hall–Kier alpha value is -8.06. The van der Waals surface area contributed by atoms with Crippen LogP contribution in [0.5, 0.6) is 0 Å². The van der Waals surface area contributed by atoms with Gasteiger partial charge in [-0.05, 0) is 109 Å². The number of esters is 1. The first kappa shape index (κ1) is 68.1. The van der Waals surface area contributed by atoms with Crippen LogP contribution in [0.25, 0.3) is 6.08 Å². The smallest absolute Gasteiger partial charge is 0.312 e. The molecule has 0 spiro atoms. The molecule has 6 amide bonds. The van der Waals surface area contributed by atoms with Crippen LogP contribution in [0.4, 0.5) is 16.2 Å². The average Bonchev–Trinajstić information content (AvgIpc) is 2.61. The number of nitrogens with zero attached hydrogens (tertiary/aromatic N) is 4. The number of amides is 6. The van der Waals surface area contributed by atoms with Gasteiger partial charge in [0, 0.05) is 118 Å². The van der Waals surface area contributed by atoms with E-state index in [1.165, 1.54) is 6.42 Å². The number of unbranched alkanes of at least 4 members (excludes halogenated alkanes) is 3. The van der Waals surface area contributed by atoms with Crippen molar-refractivity contribution in [3.63, 3.8) is 0 Å². The summed E-state index contributed by atoms with van der Waals surface area (Å²) >= 11 is 0. The number of nitrogens with one attached hydrogen (secondary N) is 4. The fourth-order valence-electron chi connectivity index (χ4n) is 10.8. The number of aromatic nitrogens is 1. The van der Waals surface area contributed by atoms with Gasteiger partial charge in [0.25, 0.3) is 11.8 Å². The number of benzene rings is 3. The van der Waals surface area contributed by atoms with Crippen LogP contribution in [0.3, 0.4) is 0 Å². The molecule has 0 fully saturated rings. The molecule has 0 radical (unpaired) electrons. The van der Waals surface area contributed by atoms with Gasteiger partial charge in [0.1, 0.15) is 18.2 Å². The molecule has 19 nitrogen and oxygen atoms in total. The Morgan fingerprint density at radius 1 is 0.747 bits per heavy atom. The molecule has 2 aliphatic heterocycles. The number of nitrogens with two attached hydrogens (primary N) is 2. The lowest BCUT2D eigenvalue weighted by molar-refractivity contribution is -0.145. The fraction of sp³-hybridized carbons (Fsp3) is 0.500. The molecule has 8 N–H and O–H groups in total. The quantitative estimate of drug-likeness (QED) is 0.0185. The topological polar surface area (TPSA) is 278 Å². The number of hydrogen-bond acceptors (Lipinski definition) is 13. The summed E-state index contributed by atoms with van der Waals surface area (Å²) in [7, 11) is 0. The van der Waals surface area contributed by atoms with Gasteiger partial charge >= 0.3 is 12.0 Å². The van der Waals surface area contributed by atoms with Crippen LogP contribution in [0.15, 0.2) is 89.6 Å². The van der Waals surface area contributed by atoms with E-state index in [0.717, 1.165) is 79.4 Å². The van der Waals surface area contributed by atoms with Crippen molar-refractivity contribution in [3.8, 4) is 0 Å². The van der Waals surface area contributed by atoms with E-state index in [4.69, 9.17) is 16.2 Å². The molecule has 4 aromatic rings. The number of ketones is 2. The Bertz CT molecular complexity index is 3060. The van der Waals surface area contributed by atoms with Crippen LogP contribution < -0.4 is 32.7 Å². The summed E-state index contributed by atoms with van der Waals surface area (Å²) in [5.41, 5.74) is 19.3. The second kappa shape index (κ2) is 34.9. The molecule has 0 saturated heterocycles. The number of ether oxygens (including phenoxy) is 1. The summed E-state index contributed by atoms with van der Waals surface area (Å²) in [6, 6.07) is 20.2. The van der Waals surface area contributed by atoms with Gasteiger partial charge in [-0.15, -0.1) is 0 Å². The highest BCUT2D eigenvalue weighted by molar-refractivity contribution is 6.08. The first-order valence-corrected chi connectivity index (χ1v) is 31.3. The number of amidine groups is 1. The van der Waals surface area contributed by atoms with Gasteiger partial charge in [-0.25, -0.2) is 9.79 Å². The fourth-order valence-corrected chi connectivity index (χ4v) is 10.8. The van der Waals surface area contributed by atoms with E-state index in [-0.39, 0.29) is 92.9 Å². The molecule has 87 heavy (non-hydrogen) atoms. The van der Waals surface area contributed by atoms with E-state index in [9.17, 15) is 38.4 Å². The van der Waals surface area contributed by atoms with Crippen molar-refractivity contribution in [1.82, 2.24) is 30.7 Å². The molecule has 0 bridgehead atoms. The van der Waals surface area contributed by atoms with Crippen LogP contribution in [0.2, 0.25) is 0 Å². The highest BCUT2D eigenvalue weighted by atomic mass is 16.5. The van der Waals surface area contributed by atoms with Crippen molar-refractivity contribution in [1.29, 1.82) is 0 Å². The van der Waals surface area contributed by atoms with E-state index in [2.05, 4.69) is 50.0 Å². The summed E-state index contributed by atoms with van der Waals surface area (Å²) in [6.07, 6.45) is 13.1. The lowest BCUT2D eigenvalue weighted by atomic mass is 9.88. The third-order valence-corrected chi connectivity index (χ3v) is 15.7. The normalized spacial score (nSPS) is 13.7. The maximum atomic E-state index is 13.7. The number of pyridine rings is 1. The molecular formula is C68H92N10O9. The zero-order valence-electron chi connectivity index (χ0n) is 52.0. The SMILES string of the molecule is CCCN(CCC)C(=O)C1=Cc2ccc(C(=O)Nc3cnc4c(c3)CN(Cc3ccc(C(=O)NCCCC(=O)OCc5ccc(CC(=O)C(CCCNC(N)=O)NC(=O)C(CC(=O)CCCCCCC(C)C)C(C)C)cc5)cc3)CC4)cc2N=C(N)C1. The summed E-state index contributed by atoms with van der Waals surface area (Å²) in [4.78, 5) is 118. The van der Waals surface area contributed by atoms with Gasteiger partial charge in [0.2, 0.25) is 11.8 Å². The Balaban J connectivity index is 0.904. The monoisotopic (exact) mass is 1190 g/mol. The summed E-state index contributed by atoms with van der Waals surface area (Å²) in [6.45, 7) is 16.2. The molecule has 2 aliphatic rings. The van der Waals surface area contributed by atoms with Crippen LogP contribution in [-0.2, 0) is 61.2 Å². The maximum Gasteiger partial charge on any atom is 0.312 e. The highest BCUT2D eigenvalue weighted by Gasteiger charge is 2.30. The van der Waals surface area contributed by atoms with Crippen molar-refractivity contribution in [2.75, 3.05) is 38.0 Å². The Labute approximate surface area is 513 Å². The van der Waals surface area contributed by atoms with Gasteiger partial charge in [0.15, 0.2) is 5.78 Å². The van der Waals surface area contributed by atoms with Crippen LogP contribution in [0, 0.1) is 17.8 Å². The van der Waals surface area contributed by atoms with Crippen LogP contribution in [0.1, 0.15) is 186 Å². The van der Waals surface area contributed by atoms with E-state index in [0.29, 0.717) is 90.8 Å². The van der Waals surface area contributed by atoms with Gasteiger partial charge in [-0.2, -0.15) is 0 Å². The minimum absolute atomic E-state index is 0.0259. The number of Topliss-reactive ketones (excluding diaryl/α,β-unsaturated/α-hetero) is 2. The van der Waals surface area contributed by atoms with Crippen molar-refractivity contribution in [2.45, 2.75) is 170 Å². The maximum absolute atomic E-state index is 13.7. The van der Waals surface area contributed by atoms with Gasteiger partial charge in [-0.3, -0.25) is 43.4 Å². The molecule has 19 heteroatoms. The first-order valence-electron chi connectivity index (χ1n) is 31.3. The van der Waals surface area contributed by atoms with Crippen molar-refractivity contribution in [3.05, 3.63) is 129 Å². The van der Waals surface area contributed by atoms with E-state index in [1.54, 1.807) is 60.8 Å². The van der Waals surface area contributed by atoms with Crippen molar-refractivity contribution in [2.24, 2.45) is 34.2 Å². The number of aliphatic imine (C=N–C) groups is 1. The number of primary amides is 1. The number of carbonyl (C=O) groups is 8. The van der Waals surface area contributed by atoms with Crippen LogP contribution in [-0.4, -0.2) is 107 Å². The summed E-state index contributed by atoms with van der Waals surface area (Å²) < 4.78 is 5.51. The molecule has 2 unspecified atom stereocenters. The largest absolute Gasteiger partial charge is 0.461 e. The molecule has 3 aromatic carbocycles. The Kier molecular flexibility index (Phi) is 27.3. The molecule has 0 aliphatic carbocycles. The predicted molar refractivity (Wildman–Crippen MR) is 340 cm³/mol. The van der Waals surface area contributed by atoms with E-state index in [1.807, 2.05) is 56.9 Å².